The van der Waals surface area contributed by atoms with Crippen molar-refractivity contribution in [3.05, 3.63) is 69.5 Å². The van der Waals surface area contributed by atoms with Crippen molar-refractivity contribution in [2.75, 3.05) is 6.61 Å². The minimum Gasteiger partial charge on any atom is -0.508 e. The Hall–Kier alpha value is -2.51. The summed E-state index contributed by atoms with van der Waals surface area (Å²) in [5.74, 6) is -0.325. The molecule has 0 amide bonds. The van der Waals surface area contributed by atoms with Gasteiger partial charge in [-0.15, -0.1) is 0 Å². The Kier molecular flexibility index (Phi) is 5.25. The second-order valence-corrected chi connectivity index (χ2v) is 6.03. The number of halogens is 1. The molecule has 0 bridgehead atoms. The smallest absolute Gasteiger partial charge is 0.270 e. The topological polar surface area (TPSA) is 84.6 Å². The van der Waals surface area contributed by atoms with Gasteiger partial charge in [0, 0.05) is 30.8 Å². The van der Waals surface area contributed by atoms with Gasteiger partial charge in [-0.3, -0.25) is 10.1 Å². The Morgan fingerprint density at radius 2 is 2.08 bits per heavy atom. The zero-order chi connectivity index (χ0) is 17.8. The lowest BCUT2D eigenvalue weighted by Crippen LogP contribution is -2.31. The molecule has 1 aliphatic rings. The van der Waals surface area contributed by atoms with Gasteiger partial charge in [0.25, 0.3) is 5.69 Å². The van der Waals surface area contributed by atoms with Crippen LogP contribution in [0.2, 0.25) is 0 Å². The van der Waals surface area contributed by atoms with Crippen LogP contribution < -0.4 is 5.32 Å². The van der Waals surface area contributed by atoms with Gasteiger partial charge in [-0.05, 0) is 36.6 Å². The van der Waals surface area contributed by atoms with Crippen LogP contribution in [-0.2, 0) is 11.3 Å². The minimum absolute atomic E-state index is 0.0108. The molecule has 1 heterocycles. The first-order valence-electron chi connectivity index (χ1n) is 8.11. The van der Waals surface area contributed by atoms with Crippen molar-refractivity contribution in [1.29, 1.82) is 0 Å². The average molecular weight is 346 g/mol. The number of hydrogen-bond donors (Lipinski definition) is 2. The molecule has 2 aromatic carbocycles. The molecule has 2 aromatic rings. The second-order valence-electron chi connectivity index (χ2n) is 6.03. The van der Waals surface area contributed by atoms with Gasteiger partial charge >= 0.3 is 0 Å². The monoisotopic (exact) mass is 346 g/mol. The molecule has 0 aliphatic carbocycles. The lowest BCUT2D eigenvalue weighted by atomic mass is 9.98. The third-order valence-corrected chi connectivity index (χ3v) is 4.35. The maximum Gasteiger partial charge on any atom is 0.270 e. The highest BCUT2D eigenvalue weighted by Gasteiger charge is 2.27. The van der Waals surface area contributed by atoms with Gasteiger partial charge < -0.3 is 15.2 Å². The molecule has 2 atom stereocenters. The van der Waals surface area contributed by atoms with Crippen LogP contribution in [0.5, 0.6) is 5.75 Å². The van der Waals surface area contributed by atoms with E-state index in [0.29, 0.717) is 12.2 Å². The van der Waals surface area contributed by atoms with Crippen LogP contribution >= 0.6 is 0 Å². The highest BCUT2D eigenvalue weighted by atomic mass is 19.1. The number of ether oxygens (including phenoxy) is 1. The number of phenols is 1. The molecule has 7 heteroatoms. The maximum atomic E-state index is 13.2. The molecule has 1 saturated heterocycles. The normalized spacial score (nSPS) is 18.2. The molecule has 1 fully saturated rings. The van der Waals surface area contributed by atoms with E-state index in [1.165, 1.54) is 30.3 Å². The molecular formula is C18H19FN2O4. The zero-order valence-electron chi connectivity index (χ0n) is 13.5. The first-order chi connectivity index (χ1) is 12.0. The minimum atomic E-state index is -0.500. The second kappa shape index (κ2) is 7.58. The van der Waals surface area contributed by atoms with Crippen molar-refractivity contribution in [3.63, 3.8) is 0 Å². The Morgan fingerprint density at radius 1 is 1.32 bits per heavy atom. The molecule has 0 radical (unpaired) electrons. The van der Waals surface area contributed by atoms with Gasteiger partial charge in [0.1, 0.15) is 11.6 Å². The van der Waals surface area contributed by atoms with Gasteiger partial charge in [-0.1, -0.05) is 12.1 Å². The van der Waals surface area contributed by atoms with Crippen LogP contribution in [0.4, 0.5) is 10.1 Å². The number of rotatable bonds is 6. The Labute approximate surface area is 144 Å². The number of non-ortho nitro benzene ring substituents is 1. The molecule has 25 heavy (non-hydrogen) atoms. The number of nitrogens with zero attached hydrogens (tertiary/aromatic N) is 1. The van der Waals surface area contributed by atoms with Gasteiger partial charge in [0.05, 0.1) is 17.1 Å². The van der Waals surface area contributed by atoms with E-state index in [9.17, 15) is 19.6 Å². The Morgan fingerprint density at radius 3 is 2.72 bits per heavy atom. The van der Waals surface area contributed by atoms with Crippen molar-refractivity contribution in [2.45, 2.75) is 31.5 Å². The predicted molar refractivity (Wildman–Crippen MR) is 89.7 cm³/mol. The molecule has 3 rings (SSSR count). The van der Waals surface area contributed by atoms with Crippen molar-refractivity contribution in [2.24, 2.45) is 0 Å². The third-order valence-electron chi connectivity index (χ3n) is 4.35. The number of nitro benzene ring substituents is 1. The summed E-state index contributed by atoms with van der Waals surface area (Å²) in [4.78, 5) is 10.4. The lowest BCUT2D eigenvalue weighted by molar-refractivity contribution is -0.384. The number of nitrogens with one attached hydrogen (secondary N) is 1. The molecular weight excluding hydrogens is 327 g/mol. The zero-order valence-corrected chi connectivity index (χ0v) is 13.5. The summed E-state index contributed by atoms with van der Waals surface area (Å²) >= 11 is 0. The van der Waals surface area contributed by atoms with Crippen molar-refractivity contribution >= 4 is 5.69 Å². The number of hydrogen-bond acceptors (Lipinski definition) is 5. The van der Waals surface area contributed by atoms with E-state index in [4.69, 9.17) is 4.74 Å². The van der Waals surface area contributed by atoms with Crippen molar-refractivity contribution in [3.8, 4) is 5.75 Å². The fourth-order valence-corrected chi connectivity index (χ4v) is 3.05. The lowest BCUT2D eigenvalue weighted by Gasteiger charge is -2.25. The van der Waals surface area contributed by atoms with Crippen LogP contribution in [0.25, 0.3) is 0 Å². The molecule has 0 aromatic heterocycles. The van der Waals surface area contributed by atoms with E-state index < -0.39 is 4.92 Å². The van der Waals surface area contributed by atoms with E-state index in [-0.39, 0.29) is 35.9 Å². The van der Waals surface area contributed by atoms with Crippen LogP contribution in [-0.4, -0.2) is 22.7 Å². The molecule has 2 N–H and O–H groups in total. The number of aromatic hydroxyl groups is 1. The first kappa shape index (κ1) is 17.3. The molecule has 1 aliphatic heterocycles. The van der Waals surface area contributed by atoms with Crippen LogP contribution in [0.1, 0.15) is 30.0 Å². The molecule has 0 spiro atoms. The first-order valence-corrected chi connectivity index (χ1v) is 8.11. The van der Waals surface area contributed by atoms with Crippen molar-refractivity contribution in [1.82, 2.24) is 5.32 Å². The SMILES string of the molecule is O=[N+]([O-])c1ccc(O)c(CN[C@@H](c2ccc(F)cc2)[C@@H]2CCCO2)c1. The van der Waals surface area contributed by atoms with Crippen LogP contribution in [0.15, 0.2) is 42.5 Å². The summed E-state index contributed by atoms with van der Waals surface area (Å²) < 4.78 is 19.0. The highest BCUT2D eigenvalue weighted by molar-refractivity contribution is 5.43. The van der Waals surface area contributed by atoms with Crippen LogP contribution in [0, 0.1) is 15.9 Å². The summed E-state index contributed by atoms with van der Waals surface area (Å²) in [5.41, 5.74) is 1.22. The Balaban J connectivity index is 1.80. The highest BCUT2D eigenvalue weighted by Crippen LogP contribution is 2.29. The maximum absolute atomic E-state index is 13.2. The third kappa shape index (κ3) is 4.12. The van der Waals surface area contributed by atoms with Gasteiger partial charge in [0.2, 0.25) is 0 Å². The van der Waals surface area contributed by atoms with Crippen LogP contribution in [0.3, 0.4) is 0 Å². The summed E-state index contributed by atoms with van der Waals surface area (Å²) in [6, 6.07) is 9.91. The largest absolute Gasteiger partial charge is 0.508 e. The van der Waals surface area contributed by atoms with E-state index in [0.717, 1.165) is 18.4 Å². The number of benzene rings is 2. The van der Waals surface area contributed by atoms with E-state index in [1.54, 1.807) is 12.1 Å². The average Bonchev–Trinajstić information content (AvgIpc) is 3.12. The Bertz CT molecular complexity index is 745. The van der Waals surface area contributed by atoms with E-state index in [2.05, 4.69) is 5.32 Å². The number of nitro groups is 1. The summed E-state index contributed by atoms with van der Waals surface area (Å²) in [7, 11) is 0. The van der Waals surface area contributed by atoms with E-state index >= 15 is 0 Å². The molecule has 132 valence electrons. The number of phenolic OH excluding ortho intramolecular Hbond substituents is 1. The molecule has 0 saturated carbocycles. The quantitative estimate of drug-likeness (QED) is 0.618. The van der Waals surface area contributed by atoms with Gasteiger partial charge in [-0.25, -0.2) is 4.39 Å². The van der Waals surface area contributed by atoms with Gasteiger partial charge in [0.15, 0.2) is 0 Å². The summed E-state index contributed by atoms with van der Waals surface area (Å²) in [5, 5.41) is 24.2. The predicted octanol–water partition coefficient (Wildman–Crippen LogP) is 3.45. The molecule has 6 nitrogen and oxygen atoms in total. The fourth-order valence-electron chi connectivity index (χ4n) is 3.05. The fraction of sp³-hybridized carbons (Fsp3) is 0.333. The molecule has 0 unspecified atom stereocenters. The van der Waals surface area contributed by atoms with Crippen molar-refractivity contribution < 1.29 is 19.2 Å². The van der Waals surface area contributed by atoms with Gasteiger partial charge in [-0.2, -0.15) is 0 Å². The standard InChI is InChI=1S/C18H19FN2O4/c19-14-5-3-12(4-6-14)18(17-2-1-9-25-17)20-11-13-10-15(21(23)24)7-8-16(13)22/h3-8,10,17-18,20,22H,1-2,9,11H2/t17-,18-/m0/s1. The summed E-state index contributed by atoms with van der Waals surface area (Å²) in [6.45, 7) is 0.904. The summed E-state index contributed by atoms with van der Waals surface area (Å²) in [6.07, 6.45) is 1.76. The van der Waals surface area contributed by atoms with E-state index in [1.807, 2.05) is 0 Å².